The molecule has 140 valence electrons. The summed E-state index contributed by atoms with van der Waals surface area (Å²) in [7, 11) is -3.65. The van der Waals surface area contributed by atoms with E-state index in [0.717, 1.165) is 24.3 Å². The van der Waals surface area contributed by atoms with E-state index in [2.05, 4.69) is 33.7 Å². The minimum atomic E-state index is -3.65. The van der Waals surface area contributed by atoms with Crippen LogP contribution in [0.15, 0.2) is 77.8 Å². The first-order chi connectivity index (χ1) is 13.0. The maximum absolute atomic E-state index is 12.5. The van der Waals surface area contributed by atoms with Gasteiger partial charge >= 0.3 is 0 Å². The first kappa shape index (κ1) is 18.9. The van der Waals surface area contributed by atoms with E-state index in [0.29, 0.717) is 5.82 Å². The fourth-order valence-corrected chi connectivity index (χ4v) is 3.91. The van der Waals surface area contributed by atoms with Crippen molar-refractivity contribution in [3.05, 3.63) is 84.1 Å². The van der Waals surface area contributed by atoms with Gasteiger partial charge in [-0.2, -0.15) is 0 Å². The lowest BCUT2D eigenvalue weighted by Crippen LogP contribution is -2.22. The molecule has 0 saturated carbocycles. The molecule has 3 aromatic rings. The number of anilines is 2. The van der Waals surface area contributed by atoms with Crippen LogP contribution in [0.1, 0.15) is 18.1 Å². The van der Waals surface area contributed by atoms with Gasteiger partial charge in [0.25, 0.3) is 10.0 Å². The molecule has 0 spiro atoms. The van der Waals surface area contributed by atoms with Crippen molar-refractivity contribution in [1.29, 1.82) is 0 Å². The minimum absolute atomic E-state index is 0.229. The molecule has 0 radical (unpaired) electrons. The zero-order chi connectivity index (χ0) is 19.3. The first-order valence-corrected chi connectivity index (χ1v) is 10.3. The van der Waals surface area contributed by atoms with Crippen LogP contribution in [0, 0.1) is 6.92 Å². The van der Waals surface area contributed by atoms with Gasteiger partial charge in [0.05, 0.1) is 16.8 Å². The van der Waals surface area contributed by atoms with Crippen molar-refractivity contribution in [3.8, 4) is 0 Å². The number of hydrogen-bond donors (Lipinski definition) is 1. The average Bonchev–Trinajstić information content (AvgIpc) is 2.67. The molecule has 27 heavy (non-hydrogen) atoms. The van der Waals surface area contributed by atoms with Gasteiger partial charge in [0, 0.05) is 13.1 Å². The molecule has 3 rings (SSSR count). The molecule has 6 heteroatoms. The Balaban J connectivity index is 1.74. The van der Waals surface area contributed by atoms with Crippen LogP contribution in [0.5, 0.6) is 0 Å². The summed E-state index contributed by atoms with van der Waals surface area (Å²) in [6.45, 7) is 5.54. The van der Waals surface area contributed by atoms with E-state index >= 15 is 0 Å². The molecular weight excluding hydrogens is 358 g/mol. The smallest absolute Gasteiger partial charge is 0.263 e. The molecule has 0 saturated heterocycles. The quantitative estimate of drug-likeness (QED) is 0.666. The third-order valence-electron chi connectivity index (χ3n) is 4.25. The number of sulfonamides is 1. The molecule has 1 aromatic heterocycles. The number of pyridine rings is 1. The third-order valence-corrected chi connectivity index (χ3v) is 5.60. The zero-order valence-corrected chi connectivity index (χ0v) is 16.3. The summed E-state index contributed by atoms with van der Waals surface area (Å²) in [5.41, 5.74) is 3.05. The summed E-state index contributed by atoms with van der Waals surface area (Å²) < 4.78 is 27.6. The number of rotatable bonds is 7. The van der Waals surface area contributed by atoms with Gasteiger partial charge < -0.3 is 4.90 Å². The molecular formula is C21H23N3O2S. The highest BCUT2D eigenvalue weighted by Gasteiger charge is 2.15. The van der Waals surface area contributed by atoms with Crippen molar-refractivity contribution in [2.24, 2.45) is 0 Å². The number of benzene rings is 2. The summed E-state index contributed by atoms with van der Waals surface area (Å²) in [4.78, 5) is 6.70. The molecule has 0 fully saturated rings. The van der Waals surface area contributed by atoms with E-state index in [-0.39, 0.29) is 4.90 Å². The molecule has 0 unspecified atom stereocenters. The lowest BCUT2D eigenvalue weighted by Gasteiger charge is -2.23. The van der Waals surface area contributed by atoms with Gasteiger partial charge in [-0.1, -0.05) is 42.5 Å². The van der Waals surface area contributed by atoms with Gasteiger partial charge in [0.2, 0.25) is 0 Å². The first-order valence-electron chi connectivity index (χ1n) is 8.82. The highest BCUT2D eigenvalue weighted by molar-refractivity contribution is 7.92. The van der Waals surface area contributed by atoms with Crippen molar-refractivity contribution in [3.63, 3.8) is 0 Å². The second kappa shape index (κ2) is 8.22. The number of nitrogens with zero attached hydrogens (tertiary/aromatic N) is 2. The maximum Gasteiger partial charge on any atom is 0.263 e. The van der Waals surface area contributed by atoms with Crippen LogP contribution in [0.4, 0.5) is 11.5 Å². The van der Waals surface area contributed by atoms with Crippen LogP contribution in [0.2, 0.25) is 0 Å². The maximum atomic E-state index is 12.5. The Kier molecular flexibility index (Phi) is 5.76. The molecule has 2 aromatic carbocycles. The van der Waals surface area contributed by atoms with Crippen LogP contribution in [-0.2, 0) is 16.6 Å². The highest BCUT2D eigenvalue weighted by Crippen LogP contribution is 2.20. The molecule has 0 atom stereocenters. The summed E-state index contributed by atoms with van der Waals surface area (Å²) in [6.07, 6.45) is 1.69. The molecule has 0 aliphatic rings. The standard InChI is InChI=1S/C21H23N3O2S/c1-3-24(16-18-9-5-4-6-10-18)19-12-13-21(22-15-19)23-27(25,26)20-11-7-8-17(2)14-20/h4-15H,3,16H2,1-2H3,(H,22,23). The number of aryl methyl sites for hydroxylation is 1. The van der Waals surface area contributed by atoms with E-state index < -0.39 is 10.0 Å². The lowest BCUT2D eigenvalue weighted by molar-refractivity contribution is 0.601. The molecule has 1 N–H and O–H groups in total. The highest BCUT2D eigenvalue weighted by atomic mass is 32.2. The Morgan fingerprint density at radius 3 is 2.41 bits per heavy atom. The topological polar surface area (TPSA) is 62.3 Å². The zero-order valence-electron chi connectivity index (χ0n) is 15.5. The van der Waals surface area contributed by atoms with E-state index in [1.807, 2.05) is 37.3 Å². The van der Waals surface area contributed by atoms with Crippen molar-refractivity contribution >= 4 is 21.5 Å². The Morgan fingerprint density at radius 2 is 1.78 bits per heavy atom. The van der Waals surface area contributed by atoms with Crippen LogP contribution in [0.3, 0.4) is 0 Å². The summed E-state index contributed by atoms with van der Waals surface area (Å²) in [5, 5.41) is 0. The summed E-state index contributed by atoms with van der Waals surface area (Å²) in [6, 6.07) is 20.6. The molecule has 0 bridgehead atoms. The van der Waals surface area contributed by atoms with Crippen molar-refractivity contribution in [1.82, 2.24) is 4.98 Å². The van der Waals surface area contributed by atoms with Gasteiger partial charge in [0.1, 0.15) is 5.82 Å². The largest absolute Gasteiger partial charge is 0.366 e. The predicted octanol–water partition coefficient (Wildman–Crippen LogP) is 4.22. The minimum Gasteiger partial charge on any atom is -0.366 e. The molecule has 5 nitrogen and oxygen atoms in total. The van der Waals surface area contributed by atoms with E-state index in [4.69, 9.17) is 0 Å². The average molecular weight is 382 g/mol. The van der Waals surface area contributed by atoms with Crippen LogP contribution in [0.25, 0.3) is 0 Å². The number of nitrogens with one attached hydrogen (secondary N) is 1. The number of hydrogen-bond acceptors (Lipinski definition) is 4. The monoisotopic (exact) mass is 381 g/mol. The lowest BCUT2D eigenvalue weighted by atomic mass is 10.2. The number of aromatic nitrogens is 1. The van der Waals surface area contributed by atoms with Gasteiger partial charge in [-0.05, 0) is 49.2 Å². The van der Waals surface area contributed by atoms with Gasteiger partial charge in [-0.15, -0.1) is 0 Å². The molecule has 0 aliphatic heterocycles. The van der Waals surface area contributed by atoms with Crippen molar-refractivity contribution in [2.45, 2.75) is 25.3 Å². The van der Waals surface area contributed by atoms with Crippen molar-refractivity contribution < 1.29 is 8.42 Å². The Labute approximate surface area is 160 Å². The normalized spacial score (nSPS) is 11.2. The van der Waals surface area contributed by atoms with Crippen LogP contribution >= 0.6 is 0 Å². The second-order valence-electron chi connectivity index (χ2n) is 6.32. The SMILES string of the molecule is CCN(Cc1ccccc1)c1ccc(NS(=O)(=O)c2cccc(C)c2)nc1. The predicted molar refractivity (Wildman–Crippen MR) is 109 cm³/mol. The fraction of sp³-hybridized carbons (Fsp3) is 0.190. The summed E-state index contributed by atoms with van der Waals surface area (Å²) >= 11 is 0. The Morgan fingerprint density at radius 1 is 1.00 bits per heavy atom. The van der Waals surface area contributed by atoms with Crippen molar-refractivity contribution in [2.75, 3.05) is 16.2 Å². The van der Waals surface area contributed by atoms with Gasteiger partial charge in [-0.3, -0.25) is 4.72 Å². The van der Waals surface area contributed by atoms with Gasteiger partial charge in [0.15, 0.2) is 0 Å². The van der Waals surface area contributed by atoms with Crippen LogP contribution in [-0.4, -0.2) is 19.9 Å². The third kappa shape index (κ3) is 4.86. The Hall–Kier alpha value is -2.86. The van der Waals surface area contributed by atoms with Crippen LogP contribution < -0.4 is 9.62 Å². The van der Waals surface area contributed by atoms with E-state index in [1.54, 1.807) is 30.5 Å². The summed E-state index contributed by atoms with van der Waals surface area (Å²) in [5.74, 6) is 0.302. The van der Waals surface area contributed by atoms with Gasteiger partial charge in [-0.25, -0.2) is 13.4 Å². The molecule has 1 heterocycles. The van der Waals surface area contributed by atoms with E-state index in [1.165, 1.54) is 5.56 Å². The second-order valence-corrected chi connectivity index (χ2v) is 8.01. The Bertz CT molecular complexity index is 987. The van der Waals surface area contributed by atoms with E-state index in [9.17, 15) is 8.42 Å². The molecule has 0 aliphatic carbocycles. The molecule has 0 amide bonds. The fourth-order valence-electron chi connectivity index (χ4n) is 2.80.